The van der Waals surface area contributed by atoms with Gasteiger partial charge in [0.05, 0.1) is 31.2 Å². The largest absolute Gasteiger partial charge is 0.464 e. The van der Waals surface area contributed by atoms with Crippen molar-refractivity contribution < 1.29 is 28.2 Å². The molecule has 10 heteroatoms. The van der Waals surface area contributed by atoms with Crippen molar-refractivity contribution in [2.45, 2.75) is 32.5 Å². The molecule has 0 aliphatic heterocycles. The lowest BCUT2D eigenvalue weighted by atomic mass is 10.1. The summed E-state index contributed by atoms with van der Waals surface area (Å²) in [7, 11) is 4.36. The van der Waals surface area contributed by atoms with E-state index in [0.717, 1.165) is 24.4 Å². The minimum absolute atomic E-state index is 0.158. The molecule has 4 rings (SSSR count). The molecule has 3 aromatic heterocycles. The number of pyridine rings is 1. The minimum Gasteiger partial charge on any atom is -0.464 e. The number of esters is 1. The van der Waals surface area contributed by atoms with Gasteiger partial charge in [-0.2, -0.15) is 0 Å². The number of aromatic nitrogens is 2. The Labute approximate surface area is 220 Å². The van der Waals surface area contributed by atoms with Crippen molar-refractivity contribution in [1.29, 1.82) is 0 Å². The smallest absolute Gasteiger partial charge is 0.356 e. The van der Waals surface area contributed by atoms with Crippen molar-refractivity contribution in [1.82, 2.24) is 9.55 Å². The van der Waals surface area contributed by atoms with Gasteiger partial charge in [-0.15, -0.1) is 0 Å². The summed E-state index contributed by atoms with van der Waals surface area (Å²) in [5.41, 5.74) is 3.03. The van der Waals surface area contributed by atoms with E-state index in [2.05, 4.69) is 27.8 Å². The predicted octanol–water partition coefficient (Wildman–Crippen LogP) is 4.39. The van der Waals surface area contributed by atoms with Crippen LogP contribution in [0.2, 0.25) is 0 Å². The number of carbonyl (C=O) groups excluding carboxylic acids is 2. The zero-order valence-electron chi connectivity index (χ0n) is 21.8. The van der Waals surface area contributed by atoms with E-state index in [1.54, 1.807) is 17.9 Å². The molecular weight excluding hydrogens is 488 g/mol. The standard InChI is InChI=1S/C28H32N4O6/c1-35-17-22-12-11-21(38-22)16-29-20-14-23-25(31-24(33)18-36-2)26(28(34)37-3)32(27(23)30-15-20)13-7-10-19-8-5-4-6-9-19/h4-6,8-9,11-12,14-15,29H,7,10,13,16-18H2,1-3H3,(H,31,33). The molecule has 1 amide bonds. The number of furan rings is 1. The fourth-order valence-electron chi connectivity index (χ4n) is 4.29. The highest BCUT2D eigenvalue weighted by Gasteiger charge is 2.26. The van der Waals surface area contributed by atoms with E-state index in [1.807, 2.05) is 36.4 Å². The summed E-state index contributed by atoms with van der Waals surface area (Å²) in [6.07, 6.45) is 3.27. The molecule has 0 fully saturated rings. The van der Waals surface area contributed by atoms with Crippen molar-refractivity contribution in [3.05, 3.63) is 77.5 Å². The molecular formula is C28H32N4O6. The van der Waals surface area contributed by atoms with E-state index in [9.17, 15) is 9.59 Å². The normalized spacial score (nSPS) is 11.0. The molecule has 0 atom stereocenters. The Balaban J connectivity index is 1.67. The third-order valence-electron chi connectivity index (χ3n) is 5.98. The van der Waals surface area contributed by atoms with Crippen molar-refractivity contribution in [2.75, 3.05) is 38.6 Å². The van der Waals surface area contributed by atoms with Crippen LogP contribution in [0.25, 0.3) is 11.0 Å². The summed E-state index contributed by atoms with van der Waals surface area (Å²) < 4.78 is 22.7. The van der Waals surface area contributed by atoms with Crippen molar-refractivity contribution in [3.63, 3.8) is 0 Å². The Hall–Kier alpha value is -4.15. The van der Waals surface area contributed by atoms with Gasteiger partial charge in [-0.3, -0.25) is 4.79 Å². The van der Waals surface area contributed by atoms with E-state index < -0.39 is 5.97 Å². The Kier molecular flexibility index (Phi) is 9.12. The van der Waals surface area contributed by atoms with Crippen molar-refractivity contribution >= 4 is 34.3 Å². The molecule has 0 saturated heterocycles. The Morgan fingerprint density at radius 2 is 1.82 bits per heavy atom. The molecule has 2 N–H and O–H groups in total. The number of nitrogens with zero attached hydrogens (tertiary/aromatic N) is 2. The quantitative estimate of drug-likeness (QED) is 0.249. The van der Waals surface area contributed by atoms with Gasteiger partial charge in [0.15, 0.2) is 5.69 Å². The summed E-state index contributed by atoms with van der Waals surface area (Å²) in [6.45, 7) is 1.16. The molecule has 1 aromatic carbocycles. The molecule has 3 heterocycles. The highest BCUT2D eigenvalue weighted by atomic mass is 16.5. The van der Waals surface area contributed by atoms with Crippen LogP contribution in [-0.2, 0) is 45.1 Å². The molecule has 10 nitrogen and oxygen atoms in total. The number of amides is 1. The van der Waals surface area contributed by atoms with E-state index in [0.29, 0.717) is 42.1 Å². The average molecular weight is 521 g/mol. The average Bonchev–Trinajstić information content (AvgIpc) is 3.50. The summed E-state index contributed by atoms with van der Waals surface area (Å²) in [6, 6.07) is 15.7. The van der Waals surface area contributed by atoms with Gasteiger partial charge in [0, 0.05) is 26.2 Å². The number of benzene rings is 1. The van der Waals surface area contributed by atoms with Gasteiger partial charge in [0.1, 0.15) is 30.4 Å². The highest BCUT2D eigenvalue weighted by molar-refractivity contribution is 6.11. The van der Waals surface area contributed by atoms with Gasteiger partial charge in [-0.05, 0) is 36.6 Å². The lowest BCUT2D eigenvalue weighted by Gasteiger charge is -2.11. The monoisotopic (exact) mass is 520 g/mol. The van der Waals surface area contributed by atoms with Crippen LogP contribution >= 0.6 is 0 Å². The van der Waals surface area contributed by atoms with Crippen LogP contribution < -0.4 is 10.6 Å². The molecule has 0 aliphatic carbocycles. The number of carbonyl (C=O) groups is 2. The summed E-state index contributed by atoms with van der Waals surface area (Å²) >= 11 is 0. The fraction of sp³-hybridized carbons (Fsp3) is 0.321. The van der Waals surface area contributed by atoms with Crippen LogP contribution in [0.5, 0.6) is 0 Å². The van der Waals surface area contributed by atoms with Crippen LogP contribution in [0.1, 0.15) is 34.0 Å². The number of methoxy groups -OCH3 is 3. The summed E-state index contributed by atoms with van der Waals surface area (Å²) in [4.78, 5) is 30.1. The fourth-order valence-corrected chi connectivity index (χ4v) is 4.29. The lowest BCUT2D eigenvalue weighted by molar-refractivity contribution is -0.119. The second-order valence-corrected chi connectivity index (χ2v) is 8.69. The van der Waals surface area contributed by atoms with Gasteiger partial charge in [-0.25, -0.2) is 9.78 Å². The van der Waals surface area contributed by atoms with Crippen LogP contribution in [0, 0.1) is 0 Å². The van der Waals surface area contributed by atoms with E-state index in [-0.39, 0.29) is 18.2 Å². The second kappa shape index (κ2) is 12.9. The number of hydrogen-bond acceptors (Lipinski definition) is 8. The number of fused-ring (bicyclic) bond motifs is 1. The van der Waals surface area contributed by atoms with Gasteiger partial charge in [0.25, 0.3) is 0 Å². The first-order valence-electron chi connectivity index (χ1n) is 12.3. The van der Waals surface area contributed by atoms with Crippen LogP contribution in [-0.4, -0.2) is 49.4 Å². The first-order chi connectivity index (χ1) is 18.5. The number of aryl methyl sites for hydroxylation is 2. The highest BCUT2D eigenvalue weighted by Crippen LogP contribution is 2.33. The third-order valence-corrected chi connectivity index (χ3v) is 5.98. The Morgan fingerprint density at radius 1 is 1.03 bits per heavy atom. The minimum atomic E-state index is -0.564. The molecule has 0 saturated carbocycles. The lowest BCUT2D eigenvalue weighted by Crippen LogP contribution is -2.20. The number of hydrogen-bond donors (Lipinski definition) is 2. The van der Waals surface area contributed by atoms with Gasteiger partial charge in [-0.1, -0.05) is 30.3 Å². The second-order valence-electron chi connectivity index (χ2n) is 8.69. The third kappa shape index (κ3) is 6.39. The van der Waals surface area contributed by atoms with Crippen LogP contribution in [0.15, 0.2) is 59.1 Å². The molecule has 0 radical (unpaired) electrons. The summed E-state index contributed by atoms with van der Waals surface area (Å²) in [5.74, 6) is 0.516. The SMILES string of the molecule is COCC(=O)Nc1c(C(=O)OC)n(CCCc2ccccc2)c2ncc(NCc3ccc(COC)o3)cc12. The maximum absolute atomic E-state index is 13.0. The number of anilines is 2. The number of nitrogens with one attached hydrogen (secondary N) is 2. The number of ether oxygens (including phenoxy) is 3. The van der Waals surface area contributed by atoms with Crippen LogP contribution in [0.3, 0.4) is 0 Å². The zero-order chi connectivity index (χ0) is 26.9. The van der Waals surface area contributed by atoms with Crippen molar-refractivity contribution in [3.8, 4) is 0 Å². The topological polar surface area (TPSA) is 117 Å². The van der Waals surface area contributed by atoms with Crippen molar-refractivity contribution in [2.24, 2.45) is 0 Å². The number of rotatable bonds is 13. The molecule has 4 aromatic rings. The molecule has 0 unspecified atom stereocenters. The van der Waals surface area contributed by atoms with Gasteiger partial charge < -0.3 is 33.8 Å². The van der Waals surface area contributed by atoms with Gasteiger partial charge in [0.2, 0.25) is 5.91 Å². The molecule has 0 bridgehead atoms. The molecule has 38 heavy (non-hydrogen) atoms. The maximum atomic E-state index is 13.0. The zero-order valence-corrected chi connectivity index (χ0v) is 21.8. The maximum Gasteiger partial charge on any atom is 0.356 e. The Morgan fingerprint density at radius 3 is 2.55 bits per heavy atom. The first-order valence-corrected chi connectivity index (χ1v) is 12.3. The molecule has 0 aliphatic rings. The van der Waals surface area contributed by atoms with E-state index in [1.165, 1.54) is 19.8 Å². The van der Waals surface area contributed by atoms with Gasteiger partial charge >= 0.3 is 5.97 Å². The first kappa shape index (κ1) is 26.9. The molecule has 0 spiro atoms. The molecule has 200 valence electrons. The van der Waals surface area contributed by atoms with E-state index in [4.69, 9.17) is 18.6 Å². The Bertz CT molecular complexity index is 1380. The summed E-state index contributed by atoms with van der Waals surface area (Å²) in [5, 5.41) is 6.73. The van der Waals surface area contributed by atoms with E-state index >= 15 is 0 Å². The predicted molar refractivity (Wildman–Crippen MR) is 143 cm³/mol. The van der Waals surface area contributed by atoms with Crippen LogP contribution in [0.4, 0.5) is 11.4 Å².